The second-order valence-electron chi connectivity index (χ2n) is 6.68. The minimum absolute atomic E-state index is 0.0313. The number of rotatable bonds is 4. The summed E-state index contributed by atoms with van der Waals surface area (Å²) >= 11 is 0. The quantitative estimate of drug-likeness (QED) is 0.574. The Morgan fingerprint density at radius 1 is 1.28 bits per heavy atom. The Morgan fingerprint density at radius 2 is 2.00 bits per heavy atom. The van der Waals surface area contributed by atoms with Gasteiger partial charge in [-0.2, -0.15) is 0 Å². The number of hydrogen-bond acceptors (Lipinski definition) is 6. The van der Waals surface area contributed by atoms with Crippen molar-refractivity contribution < 1.29 is 24.2 Å². The summed E-state index contributed by atoms with van der Waals surface area (Å²) in [5, 5.41) is 15.0. The van der Waals surface area contributed by atoms with Gasteiger partial charge in [-0.1, -0.05) is 0 Å². The van der Waals surface area contributed by atoms with Gasteiger partial charge in [-0.05, 0) is 54.4 Å². The van der Waals surface area contributed by atoms with Crippen molar-refractivity contribution in [3.05, 3.63) is 48.0 Å². The van der Waals surface area contributed by atoms with Crippen molar-refractivity contribution in [3.8, 4) is 11.5 Å². The highest BCUT2D eigenvalue weighted by atomic mass is 16.5. The van der Waals surface area contributed by atoms with Crippen LogP contribution in [0, 0.1) is 5.92 Å². The number of carbonyl (C=O) groups is 3. The zero-order valence-electron chi connectivity index (χ0n) is 15.8. The number of phenols is 1. The van der Waals surface area contributed by atoms with E-state index < -0.39 is 23.8 Å². The van der Waals surface area contributed by atoms with E-state index in [0.717, 1.165) is 4.90 Å². The van der Waals surface area contributed by atoms with Crippen LogP contribution in [0.3, 0.4) is 0 Å². The molecule has 1 atom stereocenters. The third kappa shape index (κ3) is 4.75. The highest BCUT2D eigenvalue weighted by Crippen LogP contribution is 2.27. The number of urea groups is 1. The van der Waals surface area contributed by atoms with E-state index in [1.807, 2.05) is 0 Å². The topological polar surface area (TPSA) is 134 Å². The first-order valence-electron chi connectivity index (χ1n) is 8.98. The summed E-state index contributed by atoms with van der Waals surface area (Å²) in [4.78, 5) is 38.6. The van der Waals surface area contributed by atoms with Crippen LogP contribution in [0.15, 0.2) is 42.5 Å². The monoisotopic (exact) mass is 398 g/mol. The first-order chi connectivity index (χ1) is 13.9. The van der Waals surface area contributed by atoms with Crippen LogP contribution in [-0.2, 0) is 16.0 Å². The average molecular weight is 398 g/mol. The maximum atomic E-state index is 13.0. The third-order valence-corrected chi connectivity index (χ3v) is 4.60. The summed E-state index contributed by atoms with van der Waals surface area (Å²) in [6.07, 6.45) is 0.183. The average Bonchev–Trinajstić information content (AvgIpc) is 2.83. The van der Waals surface area contributed by atoms with E-state index in [0.29, 0.717) is 22.7 Å². The van der Waals surface area contributed by atoms with Gasteiger partial charge >= 0.3 is 6.03 Å². The lowest BCUT2D eigenvalue weighted by Gasteiger charge is -2.22. The predicted octanol–water partition coefficient (Wildman–Crippen LogP) is 1.33. The molecule has 0 aromatic heterocycles. The summed E-state index contributed by atoms with van der Waals surface area (Å²) in [7, 11) is 1.49. The SMILES string of the molecule is COc1ccc(O)cc1CC1CNC(=O)CN(C(=O)Nc2ccc(N)cc2)C1=O. The number of nitrogen functional groups attached to an aromatic ring is 1. The summed E-state index contributed by atoms with van der Waals surface area (Å²) in [5.74, 6) is -1.10. The Balaban J connectivity index is 1.80. The van der Waals surface area contributed by atoms with Crippen molar-refractivity contribution in [3.63, 3.8) is 0 Å². The molecule has 9 nitrogen and oxygen atoms in total. The van der Waals surface area contributed by atoms with Crippen LogP contribution in [0.25, 0.3) is 0 Å². The van der Waals surface area contributed by atoms with Crippen LogP contribution in [0.1, 0.15) is 5.56 Å². The second-order valence-corrected chi connectivity index (χ2v) is 6.68. The molecule has 1 aliphatic heterocycles. The number of nitrogens with two attached hydrogens (primary N) is 1. The molecule has 0 radical (unpaired) electrons. The molecule has 0 spiro atoms. The Labute approximate surface area is 167 Å². The van der Waals surface area contributed by atoms with Crippen LogP contribution in [-0.4, -0.2) is 48.1 Å². The molecule has 1 unspecified atom stereocenters. The standard InChI is InChI=1S/C20H22N4O5/c1-29-17-7-6-16(25)9-12(17)8-13-10-22-18(26)11-24(19(13)27)20(28)23-15-4-2-14(21)3-5-15/h2-7,9,13,25H,8,10-11,21H2,1H3,(H,22,26)(H,23,28). The molecule has 3 rings (SSSR count). The first-order valence-corrected chi connectivity index (χ1v) is 8.98. The van der Waals surface area contributed by atoms with Gasteiger partial charge in [0.2, 0.25) is 11.8 Å². The van der Waals surface area contributed by atoms with E-state index in [9.17, 15) is 19.5 Å². The van der Waals surface area contributed by atoms with Gasteiger partial charge in [0.1, 0.15) is 18.0 Å². The van der Waals surface area contributed by atoms with Gasteiger partial charge in [-0.3, -0.25) is 14.5 Å². The van der Waals surface area contributed by atoms with E-state index in [1.54, 1.807) is 30.3 Å². The van der Waals surface area contributed by atoms with Crippen molar-refractivity contribution >= 4 is 29.2 Å². The summed E-state index contributed by atoms with van der Waals surface area (Å²) < 4.78 is 5.28. The van der Waals surface area contributed by atoms with Gasteiger partial charge in [0, 0.05) is 17.9 Å². The van der Waals surface area contributed by atoms with Crippen molar-refractivity contribution in [2.45, 2.75) is 6.42 Å². The maximum Gasteiger partial charge on any atom is 0.329 e. The molecule has 1 heterocycles. The molecule has 0 aliphatic carbocycles. The number of ether oxygens (including phenoxy) is 1. The van der Waals surface area contributed by atoms with Crippen molar-refractivity contribution in [1.82, 2.24) is 10.2 Å². The molecule has 1 saturated heterocycles. The molecular weight excluding hydrogens is 376 g/mol. The van der Waals surface area contributed by atoms with Crippen LogP contribution in [0.4, 0.5) is 16.2 Å². The molecule has 5 N–H and O–H groups in total. The number of anilines is 2. The van der Waals surface area contributed by atoms with E-state index >= 15 is 0 Å². The zero-order valence-corrected chi connectivity index (χ0v) is 15.8. The fourth-order valence-electron chi connectivity index (χ4n) is 3.10. The Bertz CT molecular complexity index is 929. The van der Waals surface area contributed by atoms with Crippen LogP contribution in [0.2, 0.25) is 0 Å². The molecule has 0 bridgehead atoms. The molecular formula is C20H22N4O5. The molecule has 152 valence electrons. The number of carbonyl (C=O) groups excluding carboxylic acids is 3. The third-order valence-electron chi connectivity index (χ3n) is 4.60. The van der Waals surface area contributed by atoms with Crippen molar-refractivity contribution in [1.29, 1.82) is 0 Å². The molecule has 2 aromatic rings. The maximum absolute atomic E-state index is 13.0. The highest BCUT2D eigenvalue weighted by Gasteiger charge is 2.34. The Kier molecular flexibility index (Phi) is 5.87. The number of phenolic OH excluding ortho intramolecular Hbond substituents is 1. The van der Waals surface area contributed by atoms with Crippen LogP contribution in [0.5, 0.6) is 11.5 Å². The molecule has 2 aromatic carbocycles. The highest BCUT2D eigenvalue weighted by molar-refractivity contribution is 6.05. The summed E-state index contributed by atoms with van der Waals surface area (Å²) in [6.45, 7) is -0.310. The Hall–Kier alpha value is -3.75. The number of aromatic hydroxyl groups is 1. The smallest absolute Gasteiger partial charge is 0.329 e. The number of nitrogens with one attached hydrogen (secondary N) is 2. The fraction of sp³-hybridized carbons (Fsp3) is 0.250. The molecule has 9 heteroatoms. The minimum atomic E-state index is -0.704. The number of methoxy groups -OCH3 is 1. The zero-order chi connectivity index (χ0) is 21.0. The lowest BCUT2D eigenvalue weighted by molar-refractivity contribution is -0.133. The molecule has 29 heavy (non-hydrogen) atoms. The molecule has 1 fully saturated rings. The van der Waals surface area contributed by atoms with Gasteiger partial charge in [0.05, 0.1) is 13.0 Å². The van der Waals surface area contributed by atoms with Crippen LogP contribution < -0.4 is 21.1 Å². The van der Waals surface area contributed by atoms with Gasteiger partial charge in [-0.15, -0.1) is 0 Å². The molecule has 1 aliphatic rings. The van der Waals surface area contributed by atoms with E-state index in [4.69, 9.17) is 10.5 Å². The number of nitrogens with zero attached hydrogens (tertiary/aromatic N) is 1. The number of imide groups is 1. The fourth-order valence-corrected chi connectivity index (χ4v) is 3.10. The molecule has 4 amide bonds. The lowest BCUT2D eigenvalue weighted by atomic mass is 9.97. The van der Waals surface area contributed by atoms with Gasteiger partial charge in [-0.25, -0.2) is 4.79 Å². The van der Waals surface area contributed by atoms with Crippen molar-refractivity contribution in [2.75, 3.05) is 31.2 Å². The minimum Gasteiger partial charge on any atom is -0.508 e. The van der Waals surface area contributed by atoms with E-state index in [-0.39, 0.29) is 25.3 Å². The second kappa shape index (κ2) is 8.51. The largest absolute Gasteiger partial charge is 0.508 e. The number of amides is 4. The summed E-state index contributed by atoms with van der Waals surface area (Å²) in [6, 6.07) is 10.3. The number of benzene rings is 2. The van der Waals surface area contributed by atoms with Gasteiger partial charge in [0.15, 0.2) is 0 Å². The van der Waals surface area contributed by atoms with E-state index in [1.165, 1.54) is 19.2 Å². The van der Waals surface area contributed by atoms with Crippen LogP contribution >= 0.6 is 0 Å². The first kappa shape index (κ1) is 20.0. The number of hydrogen-bond donors (Lipinski definition) is 4. The summed E-state index contributed by atoms with van der Waals surface area (Å²) in [5.41, 5.74) is 7.21. The lowest BCUT2D eigenvalue weighted by Crippen LogP contribution is -2.44. The Morgan fingerprint density at radius 3 is 2.69 bits per heavy atom. The predicted molar refractivity (Wildman–Crippen MR) is 106 cm³/mol. The molecule has 0 saturated carbocycles. The van der Waals surface area contributed by atoms with Gasteiger partial charge < -0.3 is 26.2 Å². The van der Waals surface area contributed by atoms with E-state index in [2.05, 4.69) is 10.6 Å². The normalized spacial score (nSPS) is 16.7. The van der Waals surface area contributed by atoms with Gasteiger partial charge in [0.25, 0.3) is 0 Å². The van der Waals surface area contributed by atoms with Crippen molar-refractivity contribution in [2.24, 2.45) is 5.92 Å².